The molecule has 0 spiro atoms. The highest BCUT2D eigenvalue weighted by Gasteiger charge is 2.29. The maximum absolute atomic E-state index is 6.23. The van der Waals surface area contributed by atoms with Crippen LogP contribution in [-0.4, -0.2) is 33.0 Å². The zero-order chi connectivity index (χ0) is 13.4. The monoisotopic (exact) mass is 257 g/mol. The van der Waals surface area contributed by atoms with Gasteiger partial charge in [0.05, 0.1) is 0 Å². The van der Waals surface area contributed by atoms with E-state index in [1.165, 1.54) is 19.3 Å². The Bertz CT molecular complexity index is 209. The van der Waals surface area contributed by atoms with Gasteiger partial charge < -0.3 is 15.2 Å². The molecule has 0 bridgehead atoms. The molecule has 3 unspecified atom stereocenters. The summed E-state index contributed by atoms with van der Waals surface area (Å²) in [6.07, 6.45) is 5.90. The van der Waals surface area contributed by atoms with Crippen molar-refractivity contribution in [2.45, 2.75) is 52.0 Å². The summed E-state index contributed by atoms with van der Waals surface area (Å²) in [4.78, 5) is 0. The Morgan fingerprint density at radius 1 is 1.17 bits per heavy atom. The summed E-state index contributed by atoms with van der Waals surface area (Å²) >= 11 is 0. The molecule has 3 heteroatoms. The van der Waals surface area contributed by atoms with E-state index < -0.39 is 0 Å². The van der Waals surface area contributed by atoms with Crippen LogP contribution in [0.4, 0.5) is 0 Å². The summed E-state index contributed by atoms with van der Waals surface area (Å²) in [6.45, 7) is 7.12. The first kappa shape index (κ1) is 15.9. The minimum Gasteiger partial charge on any atom is -0.385 e. The van der Waals surface area contributed by atoms with E-state index >= 15 is 0 Å². The van der Waals surface area contributed by atoms with Crippen LogP contribution in [0.3, 0.4) is 0 Å². The third-order valence-electron chi connectivity index (χ3n) is 4.29. The van der Waals surface area contributed by atoms with Gasteiger partial charge in [-0.25, -0.2) is 0 Å². The molecule has 108 valence electrons. The second-order valence-corrected chi connectivity index (χ2v) is 5.99. The molecule has 1 aliphatic rings. The molecule has 1 rings (SSSR count). The second-order valence-electron chi connectivity index (χ2n) is 5.99. The zero-order valence-electron chi connectivity index (χ0n) is 12.4. The lowest BCUT2D eigenvalue weighted by atomic mass is 9.73. The predicted molar refractivity (Wildman–Crippen MR) is 75.6 cm³/mol. The quantitative estimate of drug-likeness (QED) is 0.680. The number of ether oxygens (including phenoxy) is 2. The van der Waals surface area contributed by atoms with Gasteiger partial charge in [0.2, 0.25) is 0 Å². The van der Waals surface area contributed by atoms with Crippen LogP contribution in [0.2, 0.25) is 0 Å². The first-order valence-corrected chi connectivity index (χ1v) is 7.47. The van der Waals surface area contributed by atoms with Crippen molar-refractivity contribution in [2.75, 3.05) is 26.9 Å². The highest BCUT2D eigenvalue weighted by molar-refractivity contribution is 4.83. The van der Waals surface area contributed by atoms with E-state index in [4.69, 9.17) is 15.2 Å². The van der Waals surface area contributed by atoms with Crippen LogP contribution in [0.5, 0.6) is 0 Å². The third-order valence-corrected chi connectivity index (χ3v) is 4.29. The van der Waals surface area contributed by atoms with Crippen molar-refractivity contribution in [2.24, 2.45) is 23.5 Å². The van der Waals surface area contributed by atoms with E-state index in [0.29, 0.717) is 12.0 Å². The van der Waals surface area contributed by atoms with Crippen LogP contribution in [0.25, 0.3) is 0 Å². The average molecular weight is 257 g/mol. The molecule has 0 aromatic heterocycles. The average Bonchev–Trinajstić information content (AvgIpc) is 2.35. The molecule has 0 aromatic carbocycles. The Kier molecular flexibility index (Phi) is 7.87. The number of nitrogens with two attached hydrogens (primary N) is 1. The standard InChI is InChI=1S/C15H31NO2/c1-12(2)13-5-6-15(16)14(11-13)7-10-18-9-4-8-17-3/h12-15H,4-11,16H2,1-3H3. The third kappa shape index (κ3) is 5.68. The Morgan fingerprint density at radius 2 is 1.94 bits per heavy atom. The SMILES string of the molecule is COCCCOCCC1CC(C(C)C)CCC1N. The van der Waals surface area contributed by atoms with E-state index in [1.54, 1.807) is 7.11 Å². The van der Waals surface area contributed by atoms with Gasteiger partial charge >= 0.3 is 0 Å². The summed E-state index contributed by atoms with van der Waals surface area (Å²) in [5.41, 5.74) is 6.23. The van der Waals surface area contributed by atoms with Gasteiger partial charge in [-0.1, -0.05) is 13.8 Å². The molecule has 0 radical (unpaired) electrons. The summed E-state index contributed by atoms with van der Waals surface area (Å²) in [7, 11) is 1.73. The fraction of sp³-hybridized carbons (Fsp3) is 1.00. The predicted octanol–water partition coefficient (Wildman–Crippen LogP) is 2.83. The van der Waals surface area contributed by atoms with E-state index in [-0.39, 0.29) is 0 Å². The highest BCUT2D eigenvalue weighted by atomic mass is 16.5. The molecule has 0 saturated heterocycles. The van der Waals surface area contributed by atoms with Gasteiger partial charge in [0.1, 0.15) is 0 Å². The molecule has 0 aromatic rings. The summed E-state index contributed by atoms with van der Waals surface area (Å²) < 4.78 is 10.6. The van der Waals surface area contributed by atoms with Gasteiger partial charge in [-0.2, -0.15) is 0 Å². The molecular formula is C15H31NO2. The van der Waals surface area contributed by atoms with Crippen LogP contribution in [0.1, 0.15) is 46.0 Å². The molecular weight excluding hydrogens is 226 g/mol. The Labute approximate surface area is 112 Å². The maximum atomic E-state index is 6.23. The molecule has 0 aliphatic heterocycles. The first-order valence-electron chi connectivity index (χ1n) is 7.47. The molecule has 1 saturated carbocycles. The van der Waals surface area contributed by atoms with E-state index in [2.05, 4.69) is 13.8 Å². The molecule has 0 amide bonds. The minimum absolute atomic E-state index is 0.391. The van der Waals surface area contributed by atoms with Gasteiger partial charge in [0.15, 0.2) is 0 Å². The van der Waals surface area contributed by atoms with Crippen LogP contribution < -0.4 is 5.73 Å². The Morgan fingerprint density at radius 3 is 2.61 bits per heavy atom. The van der Waals surface area contributed by atoms with Crippen LogP contribution in [0.15, 0.2) is 0 Å². The fourth-order valence-electron chi connectivity index (χ4n) is 2.90. The van der Waals surface area contributed by atoms with Crippen molar-refractivity contribution in [3.8, 4) is 0 Å². The lowest BCUT2D eigenvalue weighted by Gasteiger charge is -2.36. The minimum atomic E-state index is 0.391. The van der Waals surface area contributed by atoms with Crippen molar-refractivity contribution in [3.63, 3.8) is 0 Å². The van der Waals surface area contributed by atoms with Gasteiger partial charge in [0.25, 0.3) is 0 Å². The number of hydrogen-bond acceptors (Lipinski definition) is 3. The number of rotatable bonds is 8. The summed E-state index contributed by atoms with van der Waals surface area (Å²) in [6, 6.07) is 0.391. The smallest absolute Gasteiger partial charge is 0.0487 e. The molecule has 1 fully saturated rings. The van der Waals surface area contributed by atoms with E-state index in [1.807, 2.05) is 0 Å². The summed E-state index contributed by atoms with van der Waals surface area (Å²) in [5.74, 6) is 2.32. The normalized spacial score (nSPS) is 28.8. The summed E-state index contributed by atoms with van der Waals surface area (Å²) in [5, 5.41) is 0. The van der Waals surface area contributed by atoms with Crippen molar-refractivity contribution in [1.82, 2.24) is 0 Å². The Hall–Kier alpha value is -0.120. The van der Waals surface area contributed by atoms with Gasteiger partial charge in [-0.15, -0.1) is 0 Å². The topological polar surface area (TPSA) is 44.5 Å². The molecule has 0 heterocycles. The number of hydrogen-bond donors (Lipinski definition) is 1. The van der Waals surface area contributed by atoms with Gasteiger partial charge in [-0.05, 0) is 49.9 Å². The largest absolute Gasteiger partial charge is 0.385 e. The first-order chi connectivity index (χ1) is 8.65. The fourth-order valence-corrected chi connectivity index (χ4v) is 2.90. The van der Waals surface area contributed by atoms with Crippen molar-refractivity contribution >= 4 is 0 Å². The highest BCUT2D eigenvalue weighted by Crippen LogP contribution is 2.34. The second kappa shape index (κ2) is 8.89. The van der Waals surface area contributed by atoms with Crippen molar-refractivity contribution in [1.29, 1.82) is 0 Å². The maximum Gasteiger partial charge on any atom is 0.0487 e. The number of methoxy groups -OCH3 is 1. The molecule has 1 aliphatic carbocycles. The van der Waals surface area contributed by atoms with Crippen LogP contribution in [0, 0.1) is 17.8 Å². The van der Waals surface area contributed by atoms with E-state index in [0.717, 1.165) is 44.5 Å². The molecule has 3 nitrogen and oxygen atoms in total. The lowest BCUT2D eigenvalue weighted by molar-refractivity contribution is 0.0795. The Balaban J connectivity index is 2.15. The zero-order valence-corrected chi connectivity index (χ0v) is 12.4. The lowest BCUT2D eigenvalue weighted by Crippen LogP contribution is -2.38. The van der Waals surface area contributed by atoms with E-state index in [9.17, 15) is 0 Å². The van der Waals surface area contributed by atoms with Crippen molar-refractivity contribution < 1.29 is 9.47 Å². The van der Waals surface area contributed by atoms with Gasteiger partial charge in [0, 0.05) is 33.0 Å². The van der Waals surface area contributed by atoms with Crippen LogP contribution >= 0.6 is 0 Å². The molecule has 3 atom stereocenters. The van der Waals surface area contributed by atoms with Crippen molar-refractivity contribution in [3.05, 3.63) is 0 Å². The molecule has 18 heavy (non-hydrogen) atoms. The van der Waals surface area contributed by atoms with Crippen LogP contribution in [-0.2, 0) is 9.47 Å². The van der Waals surface area contributed by atoms with Gasteiger partial charge in [-0.3, -0.25) is 0 Å². The molecule has 2 N–H and O–H groups in total.